The van der Waals surface area contributed by atoms with Gasteiger partial charge in [-0.05, 0) is 12.1 Å². The van der Waals surface area contributed by atoms with Crippen molar-refractivity contribution in [3.05, 3.63) is 33.9 Å². The fraction of sp³-hybridized carbons (Fsp3) is 0.333. The Morgan fingerprint density at radius 2 is 2.06 bits per heavy atom. The molecule has 88 valence electrons. The Balaban J connectivity index is 3.13. The molecular weight excluding hydrogens is 227 g/mol. The minimum atomic E-state index is -4.47. The number of halogens is 3. The smallest absolute Gasteiger partial charge is 0.393 e. The number of hydrogen-bond acceptors (Lipinski definition) is 3. The van der Waals surface area contributed by atoms with Crippen LogP contribution < -0.4 is 4.74 Å². The summed E-state index contributed by atoms with van der Waals surface area (Å²) in [6.07, 6.45) is -5.80. The van der Waals surface area contributed by atoms with Crippen LogP contribution >= 0.6 is 0 Å². The number of ether oxygens (including phenoxy) is 1. The lowest BCUT2D eigenvalue weighted by Gasteiger charge is -2.07. The maximum atomic E-state index is 12.1. The van der Waals surface area contributed by atoms with E-state index in [-0.39, 0.29) is 11.3 Å². The SMILES string of the molecule is COc1ccc(CC(F)(F)F)c([N+](=O)[O-])c1. The molecule has 0 saturated carbocycles. The molecule has 0 spiro atoms. The predicted molar refractivity (Wildman–Crippen MR) is 49.4 cm³/mol. The minimum Gasteiger partial charge on any atom is -0.497 e. The van der Waals surface area contributed by atoms with Gasteiger partial charge in [0.25, 0.3) is 5.69 Å². The van der Waals surface area contributed by atoms with Gasteiger partial charge in [0, 0.05) is 5.56 Å². The van der Waals surface area contributed by atoms with Crippen LogP contribution in [0.2, 0.25) is 0 Å². The number of alkyl halides is 3. The van der Waals surface area contributed by atoms with Crippen LogP contribution in [0.4, 0.5) is 18.9 Å². The monoisotopic (exact) mass is 235 g/mol. The first kappa shape index (κ1) is 12.3. The van der Waals surface area contributed by atoms with Gasteiger partial charge in [-0.25, -0.2) is 0 Å². The zero-order chi connectivity index (χ0) is 12.3. The fourth-order valence-corrected chi connectivity index (χ4v) is 1.21. The van der Waals surface area contributed by atoms with Crippen LogP contribution in [0.5, 0.6) is 5.75 Å². The van der Waals surface area contributed by atoms with Gasteiger partial charge < -0.3 is 4.74 Å². The van der Waals surface area contributed by atoms with E-state index >= 15 is 0 Å². The van der Waals surface area contributed by atoms with Crippen molar-refractivity contribution in [2.75, 3.05) is 7.11 Å². The third kappa shape index (κ3) is 3.11. The summed E-state index contributed by atoms with van der Waals surface area (Å²) in [5.74, 6) is 0.151. The summed E-state index contributed by atoms with van der Waals surface area (Å²) < 4.78 is 41.0. The highest BCUT2D eigenvalue weighted by atomic mass is 19.4. The van der Waals surface area contributed by atoms with Crippen LogP contribution in [-0.4, -0.2) is 18.2 Å². The molecule has 0 radical (unpaired) electrons. The van der Waals surface area contributed by atoms with Gasteiger partial charge in [-0.15, -0.1) is 0 Å². The van der Waals surface area contributed by atoms with Gasteiger partial charge in [0.15, 0.2) is 0 Å². The normalized spacial score (nSPS) is 11.2. The van der Waals surface area contributed by atoms with E-state index in [9.17, 15) is 23.3 Å². The molecular formula is C9H8F3NO3. The Morgan fingerprint density at radius 3 is 2.50 bits per heavy atom. The maximum absolute atomic E-state index is 12.1. The quantitative estimate of drug-likeness (QED) is 0.597. The molecule has 0 amide bonds. The Kier molecular flexibility index (Phi) is 3.36. The number of nitrogens with zero attached hydrogens (tertiary/aromatic N) is 1. The Morgan fingerprint density at radius 1 is 1.44 bits per heavy atom. The minimum absolute atomic E-state index is 0.151. The zero-order valence-electron chi connectivity index (χ0n) is 8.25. The largest absolute Gasteiger partial charge is 0.497 e. The molecule has 1 rings (SSSR count). The number of rotatable bonds is 3. The second-order valence-electron chi connectivity index (χ2n) is 3.04. The third-order valence-electron chi connectivity index (χ3n) is 1.88. The predicted octanol–water partition coefficient (Wildman–Crippen LogP) is 2.71. The van der Waals surface area contributed by atoms with E-state index in [0.717, 1.165) is 12.1 Å². The van der Waals surface area contributed by atoms with E-state index in [1.54, 1.807) is 0 Å². The standard InChI is InChI=1S/C9H8F3NO3/c1-16-7-3-2-6(5-9(10,11)12)8(4-7)13(14)15/h2-4H,5H2,1H3. The van der Waals surface area contributed by atoms with Crippen molar-refractivity contribution in [1.29, 1.82) is 0 Å². The first-order valence-corrected chi connectivity index (χ1v) is 4.21. The lowest BCUT2D eigenvalue weighted by Crippen LogP contribution is -2.13. The highest BCUT2D eigenvalue weighted by molar-refractivity contribution is 5.46. The lowest BCUT2D eigenvalue weighted by molar-refractivity contribution is -0.386. The van der Waals surface area contributed by atoms with Gasteiger partial charge in [0.1, 0.15) is 5.75 Å². The lowest BCUT2D eigenvalue weighted by atomic mass is 10.1. The summed E-state index contributed by atoms with van der Waals surface area (Å²) in [6.45, 7) is 0. The molecule has 0 atom stereocenters. The molecule has 0 fully saturated rings. The molecule has 1 aromatic carbocycles. The summed E-state index contributed by atoms with van der Waals surface area (Å²) in [5, 5.41) is 10.6. The first-order valence-electron chi connectivity index (χ1n) is 4.21. The van der Waals surface area contributed by atoms with Crippen LogP contribution in [-0.2, 0) is 6.42 Å². The molecule has 1 aromatic rings. The van der Waals surface area contributed by atoms with Crippen LogP contribution in [0.25, 0.3) is 0 Å². The number of hydrogen-bond donors (Lipinski definition) is 0. The van der Waals surface area contributed by atoms with E-state index in [1.807, 2.05) is 0 Å². The number of nitro benzene ring substituents is 1. The molecule has 4 nitrogen and oxygen atoms in total. The Bertz CT molecular complexity index is 403. The summed E-state index contributed by atoms with van der Waals surface area (Å²) in [5.41, 5.74) is -0.963. The van der Waals surface area contributed by atoms with Crippen LogP contribution in [0.15, 0.2) is 18.2 Å². The van der Waals surface area contributed by atoms with Gasteiger partial charge in [-0.2, -0.15) is 13.2 Å². The van der Waals surface area contributed by atoms with Gasteiger partial charge in [0.05, 0.1) is 24.5 Å². The van der Waals surface area contributed by atoms with Gasteiger partial charge in [-0.3, -0.25) is 10.1 Å². The van der Waals surface area contributed by atoms with E-state index < -0.39 is 23.2 Å². The molecule has 0 aliphatic heterocycles. The van der Waals surface area contributed by atoms with E-state index in [4.69, 9.17) is 4.74 Å². The van der Waals surface area contributed by atoms with E-state index in [0.29, 0.717) is 0 Å². The van der Waals surface area contributed by atoms with E-state index in [2.05, 4.69) is 0 Å². The van der Waals surface area contributed by atoms with Crippen molar-refractivity contribution in [3.8, 4) is 5.75 Å². The van der Waals surface area contributed by atoms with Crippen molar-refractivity contribution < 1.29 is 22.8 Å². The number of methoxy groups -OCH3 is 1. The van der Waals surface area contributed by atoms with Crippen molar-refractivity contribution >= 4 is 5.69 Å². The molecule has 0 aliphatic rings. The molecule has 16 heavy (non-hydrogen) atoms. The van der Waals surface area contributed by atoms with Crippen molar-refractivity contribution in [1.82, 2.24) is 0 Å². The Hall–Kier alpha value is -1.79. The van der Waals surface area contributed by atoms with Crippen LogP contribution in [0.3, 0.4) is 0 Å². The van der Waals surface area contributed by atoms with Gasteiger partial charge in [0.2, 0.25) is 0 Å². The fourth-order valence-electron chi connectivity index (χ4n) is 1.21. The second-order valence-corrected chi connectivity index (χ2v) is 3.04. The van der Waals surface area contributed by atoms with Gasteiger partial charge in [-0.1, -0.05) is 0 Å². The van der Waals surface area contributed by atoms with E-state index in [1.165, 1.54) is 13.2 Å². The average molecular weight is 235 g/mol. The summed E-state index contributed by atoms with van der Waals surface area (Å²) >= 11 is 0. The summed E-state index contributed by atoms with van der Waals surface area (Å²) in [7, 11) is 1.28. The van der Waals surface area contributed by atoms with Crippen LogP contribution in [0, 0.1) is 10.1 Å². The first-order chi connectivity index (χ1) is 7.33. The highest BCUT2D eigenvalue weighted by Gasteiger charge is 2.31. The van der Waals surface area contributed by atoms with Crippen molar-refractivity contribution in [2.24, 2.45) is 0 Å². The molecule has 0 aliphatic carbocycles. The van der Waals surface area contributed by atoms with Gasteiger partial charge >= 0.3 is 6.18 Å². The Labute approximate surface area is 88.8 Å². The number of benzene rings is 1. The highest BCUT2D eigenvalue weighted by Crippen LogP contribution is 2.30. The molecule has 0 heterocycles. The topological polar surface area (TPSA) is 52.4 Å². The van der Waals surface area contributed by atoms with Crippen molar-refractivity contribution in [2.45, 2.75) is 12.6 Å². The molecule has 7 heteroatoms. The van der Waals surface area contributed by atoms with Crippen LogP contribution in [0.1, 0.15) is 5.56 Å². The average Bonchev–Trinajstić information content (AvgIpc) is 2.15. The second kappa shape index (κ2) is 4.38. The van der Waals surface area contributed by atoms with Crippen molar-refractivity contribution in [3.63, 3.8) is 0 Å². The maximum Gasteiger partial charge on any atom is 0.393 e. The molecule has 0 saturated heterocycles. The summed E-state index contributed by atoms with van der Waals surface area (Å²) in [4.78, 5) is 9.70. The summed E-state index contributed by atoms with van der Waals surface area (Å²) in [6, 6.07) is 3.28. The molecule has 0 N–H and O–H groups in total. The molecule has 0 bridgehead atoms. The number of nitro groups is 1. The zero-order valence-corrected chi connectivity index (χ0v) is 8.25. The third-order valence-corrected chi connectivity index (χ3v) is 1.88. The molecule has 0 unspecified atom stereocenters. The molecule has 0 aromatic heterocycles.